The number of nitrogens with one attached hydrogen (secondary N) is 1. The summed E-state index contributed by atoms with van der Waals surface area (Å²) in [6, 6.07) is 12.7. The van der Waals surface area contributed by atoms with Crippen molar-refractivity contribution in [3.05, 3.63) is 71.3 Å². The van der Waals surface area contributed by atoms with Gasteiger partial charge in [0.2, 0.25) is 0 Å². The van der Waals surface area contributed by atoms with E-state index in [-0.39, 0.29) is 4.99 Å². The fourth-order valence-electron chi connectivity index (χ4n) is 1.65. The highest BCUT2D eigenvalue weighted by Crippen LogP contribution is 2.29. The van der Waals surface area contributed by atoms with E-state index in [1.54, 1.807) is 30.3 Å². The molecule has 0 aromatic heterocycles. The normalized spacial score (nSPS) is 11.0. The van der Waals surface area contributed by atoms with Gasteiger partial charge in [-0.25, -0.2) is 0 Å². The molecule has 0 fully saturated rings. The van der Waals surface area contributed by atoms with Gasteiger partial charge in [-0.05, 0) is 24.3 Å². The average Bonchev–Trinajstić information content (AvgIpc) is 2.47. The lowest BCUT2D eigenvalue weighted by atomic mass is 10.1. The first-order valence-electron chi connectivity index (χ1n) is 5.96. The zero-order chi connectivity index (χ0) is 15.5. The first-order valence-corrected chi connectivity index (χ1v) is 6.37. The van der Waals surface area contributed by atoms with Gasteiger partial charge in [-0.2, -0.15) is 13.2 Å². The van der Waals surface area contributed by atoms with Crippen LogP contribution in [-0.2, 0) is 6.18 Å². The summed E-state index contributed by atoms with van der Waals surface area (Å²) in [5.41, 5.74) is 0.0116. The summed E-state index contributed by atoms with van der Waals surface area (Å²) in [6.45, 7) is 0. The standard InChI is InChI=1S/C15H10F3NOS/c16-15(17,18)12-8-6-11(7-9-12)14(21)19-13(20)10-4-2-1-3-5-10/h1-9H,(H,19,20,21). The fourth-order valence-corrected chi connectivity index (χ4v) is 1.88. The van der Waals surface area contributed by atoms with Crippen LogP contribution in [0.3, 0.4) is 0 Å². The molecule has 0 spiro atoms. The molecule has 108 valence electrons. The minimum Gasteiger partial charge on any atom is -0.312 e. The zero-order valence-corrected chi connectivity index (χ0v) is 11.5. The van der Waals surface area contributed by atoms with Gasteiger partial charge in [-0.15, -0.1) is 0 Å². The molecule has 6 heteroatoms. The number of hydrogen-bond donors (Lipinski definition) is 1. The van der Waals surface area contributed by atoms with Crippen molar-refractivity contribution in [3.63, 3.8) is 0 Å². The van der Waals surface area contributed by atoms with Crippen molar-refractivity contribution in [2.45, 2.75) is 6.18 Å². The maximum atomic E-state index is 12.4. The van der Waals surface area contributed by atoms with Gasteiger partial charge in [0.15, 0.2) is 0 Å². The van der Waals surface area contributed by atoms with Crippen molar-refractivity contribution < 1.29 is 18.0 Å². The van der Waals surface area contributed by atoms with Crippen LogP contribution in [0.1, 0.15) is 21.5 Å². The molecule has 0 aliphatic rings. The van der Waals surface area contributed by atoms with Crippen molar-refractivity contribution in [1.82, 2.24) is 5.32 Å². The molecule has 2 rings (SSSR count). The fraction of sp³-hybridized carbons (Fsp3) is 0.0667. The summed E-state index contributed by atoms with van der Waals surface area (Å²) >= 11 is 5.02. The molecule has 0 heterocycles. The Balaban J connectivity index is 2.09. The van der Waals surface area contributed by atoms with E-state index >= 15 is 0 Å². The predicted molar refractivity (Wildman–Crippen MR) is 77.1 cm³/mol. The van der Waals surface area contributed by atoms with E-state index in [1.165, 1.54) is 12.1 Å². The Hall–Kier alpha value is -2.21. The lowest BCUT2D eigenvalue weighted by molar-refractivity contribution is -0.137. The van der Waals surface area contributed by atoms with E-state index in [1.807, 2.05) is 0 Å². The van der Waals surface area contributed by atoms with E-state index in [4.69, 9.17) is 12.2 Å². The van der Waals surface area contributed by atoms with Gasteiger partial charge in [0.1, 0.15) is 4.99 Å². The second-order valence-electron chi connectivity index (χ2n) is 4.22. The van der Waals surface area contributed by atoms with Crippen LogP contribution in [-0.4, -0.2) is 10.9 Å². The summed E-state index contributed by atoms with van der Waals surface area (Å²) in [7, 11) is 0. The molecule has 2 aromatic carbocycles. The maximum absolute atomic E-state index is 12.4. The third-order valence-corrected chi connectivity index (χ3v) is 3.08. The van der Waals surface area contributed by atoms with Crippen LogP contribution in [0.2, 0.25) is 0 Å². The number of hydrogen-bond acceptors (Lipinski definition) is 2. The van der Waals surface area contributed by atoms with Crippen LogP contribution in [0.15, 0.2) is 54.6 Å². The lowest BCUT2D eigenvalue weighted by Crippen LogP contribution is -2.29. The van der Waals surface area contributed by atoms with Crippen LogP contribution >= 0.6 is 12.2 Å². The van der Waals surface area contributed by atoms with Crippen molar-refractivity contribution in [1.29, 1.82) is 0 Å². The number of thiocarbonyl (C=S) groups is 1. The SMILES string of the molecule is O=C(NC(=S)c1ccc(C(F)(F)F)cc1)c1ccccc1. The third-order valence-electron chi connectivity index (χ3n) is 2.74. The van der Waals surface area contributed by atoms with Crippen LogP contribution < -0.4 is 5.32 Å². The van der Waals surface area contributed by atoms with Crippen molar-refractivity contribution in [3.8, 4) is 0 Å². The number of benzene rings is 2. The molecule has 0 aliphatic heterocycles. The summed E-state index contributed by atoms with van der Waals surface area (Å²) in [4.78, 5) is 12.0. The van der Waals surface area contributed by atoms with E-state index < -0.39 is 17.6 Å². The Morgan fingerprint density at radius 2 is 1.48 bits per heavy atom. The van der Waals surface area contributed by atoms with Crippen LogP contribution in [0.4, 0.5) is 13.2 Å². The Bertz CT molecular complexity index is 651. The Morgan fingerprint density at radius 1 is 0.905 bits per heavy atom. The molecule has 0 unspecified atom stereocenters. The lowest BCUT2D eigenvalue weighted by Gasteiger charge is -2.09. The highest BCUT2D eigenvalue weighted by atomic mass is 32.1. The van der Waals surface area contributed by atoms with Gasteiger partial charge in [-0.3, -0.25) is 4.79 Å². The highest BCUT2D eigenvalue weighted by Gasteiger charge is 2.30. The van der Waals surface area contributed by atoms with Crippen molar-refractivity contribution >= 4 is 23.1 Å². The van der Waals surface area contributed by atoms with E-state index in [0.29, 0.717) is 11.1 Å². The highest BCUT2D eigenvalue weighted by molar-refractivity contribution is 7.80. The first kappa shape index (κ1) is 15.2. The molecule has 1 N–H and O–H groups in total. The van der Waals surface area contributed by atoms with Gasteiger partial charge in [0, 0.05) is 11.1 Å². The Morgan fingerprint density at radius 3 is 2.00 bits per heavy atom. The van der Waals surface area contributed by atoms with Gasteiger partial charge in [0.25, 0.3) is 5.91 Å². The number of carbonyl (C=O) groups is 1. The van der Waals surface area contributed by atoms with Crippen LogP contribution in [0.5, 0.6) is 0 Å². The number of halogens is 3. The molecular formula is C15H10F3NOS. The van der Waals surface area contributed by atoms with E-state index in [9.17, 15) is 18.0 Å². The van der Waals surface area contributed by atoms with Crippen molar-refractivity contribution in [2.24, 2.45) is 0 Å². The van der Waals surface area contributed by atoms with Crippen LogP contribution in [0.25, 0.3) is 0 Å². The Kier molecular flexibility index (Phi) is 4.37. The van der Waals surface area contributed by atoms with Gasteiger partial charge in [0.05, 0.1) is 5.56 Å². The predicted octanol–water partition coefficient (Wildman–Crippen LogP) is 3.81. The monoisotopic (exact) mass is 309 g/mol. The minimum absolute atomic E-state index is 0.0811. The average molecular weight is 309 g/mol. The van der Waals surface area contributed by atoms with Gasteiger partial charge < -0.3 is 5.32 Å². The second-order valence-corrected chi connectivity index (χ2v) is 4.63. The Labute approximate surface area is 124 Å². The largest absolute Gasteiger partial charge is 0.416 e. The number of rotatable bonds is 2. The van der Waals surface area contributed by atoms with Gasteiger partial charge in [-0.1, -0.05) is 42.5 Å². The molecule has 0 aliphatic carbocycles. The molecule has 2 aromatic rings. The molecule has 0 radical (unpaired) electrons. The smallest absolute Gasteiger partial charge is 0.312 e. The molecule has 0 bridgehead atoms. The number of alkyl halides is 3. The number of carbonyl (C=O) groups excluding carboxylic acids is 1. The summed E-state index contributed by atoms with van der Waals surface area (Å²) < 4.78 is 37.3. The van der Waals surface area contributed by atoms with E-state index in [2.05, 4.69) is 5.32 Å². The maximum Gasteiger partial charge on any atom is 0.416 e. The number of amides is 1. The molecular weight excluding hydrogens is 299 g/mol. The summed E-state index contributed by atoms with van der Waals surface area (Å²) in [5.74, 6) is -0.402. The zero-order valence-electron chi connectivity index (χ0n) is 10.6. The third kappa shape index (κ3) is 3.88. The minimum atomic E-state index is -4.40. The quantitative estimate of drug-likeness (QED) is 0.855. The topological polar surface area (TPSA) is 29.1 Å². The first-order chi connectivity index (χ1) is 9.88. The molecule has 2 nitrogen and oxygen atoms in total. The molecule has 1 amide bonds. The molecule has 21 heavy (non-hydrogen) atoms. The molecule has 0 atom stereocenters. The van der Waals surface area contributed by atoms with E-state index in [0.717, 1.165) is 12.1 Å². The summed E-state index contributed by atoms with van der Waals surface area (Å²) in [5, 5.41) is 2.48. The van der Waals surface area contributed by atoms with Crippen LogP contribution in [0, 0.1) is 0 Å². The summed E-state index contributed by atoms with van der Waals surface area (Å²) in [6.07, 6.45) is -4.40. The molecule has 0 saturated carbocycles. The second kappa shape index (κ2) is 6.05. The van der Waals surface area contributed by atoms with Gasteiger partial charge >= 0.3 is 6.18 Å². The molecule has 0 saturated heterocycles. The van der Waals surface area contributed by atoms with Crippen molar-refractivity contribution in [2.75, 3.05) is 0 Å².